The highest BCUT2D eigenvalue weighted by Gasteiger charge is 2.32. The topological polar surface area (TPSA) is 83.4 Å². The molecule has 10 heteroatoms. The van der Waals surface area contributed by atoms with Crippen LogP contribution in [0.2, 0.25) is 0 Å². The number of sulfonamides is 1. The monoisotopic (exact) mass is 446 g/mol. The van der Waals surface area contributed by atoms with Gasteiger partial charge in [0.05, 0.1) is 17.9 Å². The van der Waals surface area contributed by atoms with E-state index in [2.05, 4.69) is 20.0 Å². The molecule has 2 aromatic carbocycles. The second-order valence-corrected chi connectivity index (χ2v) is 8.58. The maximum Gasteiger partial charge on any atom is 0.266 e. The smallest absolute Gasteiger partial charge is 0.266 e. The Bertz CT molecular complexity index is 1300. The van der Waals surface area contributed by atoms with E-state index in [0.717, 1.165) is 12.1 Å². The molecule has 0 aliphatic carbocycles. The fourth-order valence-electron chi connectivity index (χ4n) is 3.43. The van der Waals surface area contributed by atoms with Crippen molar-refractivity contribution in [3.8, 4) is 0 Å². The van der Waals surface area contributed by atoms with Crippen LogP contribution >= 0.6 is 0 Å². The van der Waals surface area contributed by atoms with E-state index in [4.69, 9.17) is 0 Å². The first kappa shape index (κ1) is 20.9. The van der Waals surface area contributed by atoms with Crippen molar-refractivity contribution in [1.82, 2.24) is 9.71 Å². The van der Waals surface area contributed by atoms with Gasteiger partial charge in [0.25, 0.3) is 10.0 Å². The average molecular weight is 446 g/mol. The molecule has 3 aromatic rings. The molecule has 6 nitrogen and oxygen atoms in total. The first-order valence-electron chi connectivity index (χ1n) is 9.29. The highest BCUT2D eigenvalue weighted by atomic mass is 32.2. The number of halogens is 3. The number of nitrogens with zero attached hydrogens (tertiary/aromatic N) is 2. The number of nitrogens with one attached hydrogen (secondary N) is 2. The Hall–Kier alpha value is -3.40. The fourth-order valence-corrected chi connectivity index (χ4v) is 4.59. The molecule has 0 amide bonds. The largest absolute Gasteiger partial charge is 0.324 e. The summed E-state index contributed by atoms with van der Waals surface area (Å²) in [4.78, 5) is 7.58. The molecule has 0 saturated carbocycles. The number of aliphatic imine (C=N–C) groups is 1. The van der Waals surface area contributed by atoms with Crippen LogP contribution in [0.3, 0.4) is 0 Å². The number of fused-ring (bicyclic) bond motifs is 1. The summed E-state index contributed by atoms with van der Waals surface area (Å²) in [5, 5.41) is 2.79. The fraction of sp³-hybridized carbons (Fsp3) is 0.143. The van der Waals surface area contributed by atoms with Gasteiger partial charge in [-0.15, -0.1) is 0 Å². The molecule has 0 unspecified atom stereocenters. The zero-order valence-corrected chi connectivity index (χ0v) is 17.1. The quantitative estimate of drug-likeness (QED) is 0.596. The van der Waals surface area contributed by atoms with Gasteiger partial charge in [0, 0.05) is 11.5 Å². The van der Waals surface area contributed by atoms with Crippen molar-refractivity contribution in [2.45, 2.75) is 24.3 Å². The van der Waals surface area contributed by atoms with Crippen molar-refractivity contribution in [1.29, 1.82) is 0 Å². The van der Waals surface area contributed by atoms with Gasteiger partial charge in [0.1, 0.15) is 16.5 Å². The summed E-state index contributed by atoms with van der Waals surface area (Å²) in [6.07, 6.45) is 0. The summed E-state index contributed by atoms with van der Waals surface area (Å²) in [5.41, 5.74) is 0.457. The molecule has 1 aliphatic heterocycles. The molecule has 160 valence electrons. The van der Waals surface area contributed by atoms with Crippen molar-refractivity contribution in [2.75, 3.05) is 5.32 Å². The molecule has 1 aliphatic rings. The Morgan fingerprint density at radius 1 is 1.00 bits per heavy atom. The molecular weight excluding hydrogens is 429 g/mol. The lowest BCUT2D eigenvalue weighted by atomic mass is 9.91. The molecule has 31 heavy (non-hydrogen) atoms. The SMILES string of the molecule is C[C@H](c1ccccc1F)c1c(F)ccc2c1NC(=NCc1cccc(F)n1)NS2(=O)=O. The van der Waals surface area contributed by atoms with E-state index >= 15 is 0 Å². The Labute approximate surface area is 176 Å². The van der Waals surface area contributed by atoms with E-state index in [-0.39, 0.29) is 39.9 Å². The van der Waals surface area contributed by atoms with Gasteiger partial charge >= 0.3 is 0 Å². The van der Waals surface area contributed by atoms with E-state index in [1.807, 2.05) is 0 Å². The lowest BCUT2D eigenvalue weighted by Crippen LogP contribution is -2.41. The standard InChI is InChI=1S/C21H17F3N4O2S/c1-12(14-6-2-3-7-15(14)22)19-16(23)9-10-17-20(19)27-21(28-31(17,29)30)25-11-13-5-4-8-18(24)26-13/h2-10,12H,11H2,1H3,(H2,25,27,28)/t12-/m1/s1. The average Bonchev–Trinajstić information content (AvgIpc) is 2.71. The van der Waals surface area contributed by atoms with Crippen LogP contribution in [-0.4, -0.2) is 19.4 Å². The van der Waals surface area contributed by atoms with Gasteiger partial charge in [0.15, 0.2) is 0 Å². The van der Waals surface area contributed by atoms with Crippen molar-refractivity contribution < 1.29 is 21.6 Å². The van der Waals surface area contributed by atoms with E-state index in [1.54, 1.807) is 13.0 Å². The molecule has 0 spiro atoms. The third-order valence-corrected chi connectivity index (χ3v) is 6.28. The Balaban J connectivity index is 1.77. The number of hydrogen-bond acceptors (Lipinski definition) is 4. The molecule has 4 rings (SSSR count). The second-order valence-electron chi connectivity index (χ2n) is 6.92. The highest BCUT2D eigenvalue weighted by Crippen LogP contribution is 2.38. The molecule has 2 heterocycles. The number of guanidine groups is 1. The predicted molar refractivity (Wildman–Crippen MR) is 110 cm³/mol. The third kappa shape index (κ3) is 4.11. The Morgan fingerprint density at radius 2 is 1.77 bits per heavy atom. The zero-order chi connectivity index (χ0) is 22.2. The van der Waals surface area contributed by atoms with Crippen molar-refractivity contribution >= 4 is 21.7 Å². The third-order valence-electron chi connectivity index (χ3n) is 4.89. The summed E-state index contributed by atoms with van der Waals surface area (Å²) in [5.74, 6) is -2.88. The minimum absolute atomic E-state index is 0.00995. The van der Waals surface area contributed by atoms with Gasteiger partial charge in [-0.3, -0.25) is 0 Å². The Morgan fingerprint density at radius 3 is 2.52 bits per heavy atom. The normalized spacial score (nSPS) is 16.8. The number of hydrogen-bond donors (Lipinski definition) is 2. The van der Waals surface area contributed by atoms with Gasteiger partial charge < -0.3 is 5.32 Å². The molecule has 1 atom stereocenters. The van der Waals surface area contributed by atoms with Gasteiger partial charge in [0.2, 0.25) is 11.9 Å². The highest BCUT2D eigenvalue weighted by molar-refractivity contribution is 7.90. The van der Waals surface area contributed by atoms with Crippen LogP contribution in [0.5, 0.6) is 0 Å². The first-order chi connectivity index (χ1) is 14.8. The Kier molecular flexibility index (Phi) is 5.40. The van der Waals surface area contributed by atoms with Crippen LogP contribution in [0.25, 0.3) is 0 Å². The van der Waals surface area contributed by atoms with Crippen LogP contribution in [0.1, 0.15) is 29.7 Å². The minimum atomic E-state index is -4.07. The zero-order valence-electron chi connectivity index (χ0n) is 16.2. The molecule has 0 saturated heterocycles. The van der Waals surface area contributed by atoms with E-state index < -0.39 is 33.5 Å². The van der Waals surface area contributed by atoms with E-state index in [0.29, 0.717) is 0 Å². The van der Waals surface area contributed by atoms with E-state index in [1.165, 1.54) is 36.4 Å². The molecule has 2 N–H and O–H groups in total. The van der Waals surface area contributed by atoms with Crippen LogP contribution < -0.4 is 10.0 Å². The number of pyridine rings is 1. The van der Waals surface area contributed by atoms with Crippen molar-refractivity contribution in [2.24, 2.45) is 4.99 Å². The predicted octanol–water partition coefficient (Wildman–Crippen LogP) is 3.91. The van der Waals surface area contributed by atoms with Gasteiger partial charge in [-0.05, 0) is 35.9 Å². The lowest BCUT2D eigenvalue weighted by molar-refractivity contribution is 0.575. The second kappa shape index (κ2) is 8.03. The summed E-state index contributed by atoms with van der Waals surface area (Å²) < 4.78 is 70.2. The van der Waals surface area contributed by atoms with Crippen LogP contribution in [0.15, 0.2) is 64.5 Å². The number of benzene rings is 2. The van der Waals surface area contributed by atoms with Crippen LogP contribution in [0.4, 0.5) is 18.9 Å². The maximum absolute atomic E-state index is 14.9. The molecular formula is C21H17F3N4O2S. The van der Waals surface area contributed by atoms with Crippen molar-refractivity contribution in [3.63, 3.8) is 0 Å². The first-order valence-corrected chi connectivity index (χ1v) is 10.8. The van der Waals surface area contributed by atoms with Crippen LogP contribution in [0, 0.1) is 17.6 Å². The lowest BCUT2D eigenvalue weighted by Gasteiger charge is -2.26. The summed E-state index contributed by atoms with van der Waals surface area (Å²) in [7, 11) is -4.07. The maximum atomic E-state index is 14.9. The molecule has 0 bridgehead atoms. The summed E-state index contributed by atoms with van der Waals surface area (Å²) in [6.45, 7) is 1.46. The van der Waals surface area contributed by atoms with E-state index in [9.17, 15) is 21.6 Å². The minimum Gasteiger partial charge on any atom is -0.324 e. The van der Waals surface area contributed by atoms with Gasteiger partial charge in [-0.2, -0.15) is 4.39 Å². The molecule has 0 fully saturated rings. The molecule has 0 radical (unpaired) electrons. The summed E-state index contributed by atoms with van der Waals surface area (Å²) >= 11 is 0. The number of aromatic nitrogens is 1. The van der Waals surface area contributed by atoms with Crippen LogP contribution in [-0.2, 0) is 16.6 Å². The number of anilines is 1. The summed E-state index contributed by atoms with van der Waals surface area (Å²) in [6, 6.07) is 12.2. The van der Waals surface area contributed by atoms with Crippen molar-refractivity contribution in [3.05, 3.63) is 89.0 Å². The van der Waals surface area contributed by atoms with Gasteiger partial charge in [-0.1, -0.05) is 31.2 Å². The van der Waals surface area contributed by atoms with Gasteiger partial charge in [-0.25, -0.2) is 31.9 Å². The number of rotatable bonds is 4. The molecule has 1 aromatic heterocycles.